The molecule has 1 amide bonds. The summed E-state index contributed by atoms with van der Waals surface area (Å²) in [7, 11) is 0. The first-order valence-corrected chi connectivity index (χ1v) is 8.27. The molecule has 7 heteroatoms. The Labute approximate surface area is 138 Å². The first kappa shape index (κ1) is 15.8. The van der Waals surface area contributed by atoms with Gasteiger partial charge in [-0.2, -0.15) is 5.10 Å². The minimum absolute atomic E-state index is 0.0706. The van der Waals surface area contributed by atoms with Gasteiger partial charge in [0.15, 0.2) is 0 Å². The second kappa shape index (κ2) is 5.85. The topological polar surface area (TPSA) is 78.8 Å². The summed E-state index contributed by atoms with van der Waals surface area (Å²) in [4.78, 5) is 23.2. The van der Waals surface area contributed by atoms with Crippen LogP contribution in [0.3, 0.4) is 0 Å². The molecule has 4 aliphatic rings. The van der Waals surface area contributed by atoms with Crippen LogP contribution in [-0.2, 0) is 9.59 Å². The average molecular weight is 345 g/mol. The summed E-state index contributed by atoms with van der Waals surface area (Å²) < 4.78 is 0. The quantitative estimate of drug-likeness (QED) is 0.467. The number of carbonyl (C=O) groups excluding carboxylic acids is 1. The fraction of sp³-hybridized carbons (Fsp3) is 0.667. The summed E-state index contributed by atoms with van der Waals surface area (Å²) in [5.41, 5.74) is 2.23. The Bertz CT molecular complexity index is 536. The van der Waals surface area contributed by atoms with E-state index in [4.69, 9.17) is 28.3 Å². The van der Waals surface area contributed by atoms with E-state index in [1.165, 1.54) is 19.3 Å². The van der Waals surface area contributed by atoms with Gasteiger partial charge in [0.25, 0.3) is 0 Å². The number of hydrogen-bond acceptors (Lipinski definition) is 3. The summed E-state index contributed by atoms with van der Waals surface area (Å²) >= 11 is 11.2. The summed E-state index contributed by atoms with van der Waals surface area (Å²) in [5, 5.41) is 11.7. The van der Waals surface area contributed by atoms with Crippen molar-refractivity contribution in [3.05, 3.63) is 10.1 Å². The van der Waals surface area contributed by atoms with Crippen LogP contribution in [0.25, 0.3) is 0 Å². The smallest absolute Gasteiger partial charge is 0.348 e. The molecule has 120 valence electrons. The van der Waals surface area contributed by atoms with Crippen LogP contribution in [0, 0.1) is 23.2 Å². The van der Waals surface area contributed by atoms with Crippen LogP contribution in [0.5, 0.6) is 0 Å². The van der Waals surface area contributed by atoms with Gasteiger partial charge in [-0.3, -0.25) is 4.79 Å². The Kier molecular flexibility index (Phi) is 4.21. The zero-order valence-electron chi connectivity index (χ0n) is 12.0. The van der Waals surface area contributed by atoms with Crippen molar-refractivity contribution >= 4 is 41.3 Å². The monoisotopic (exact) mass is 344 g/mol. The third kappa shape index (κ3) is 2.88. The molecular weight excluding hydrogens is 327 g/mol. The number of nitrogens with one attached hydrogen (secondary N) is 1. The van der Waals surface area contributed by atoms with Crippen molar-refractivity contribution in [1.82, 2.24) is 5.43 Å². The Balaban J connectivity index is 1.65. The summed E-state index contributed by atoms with van der Waals surface area (Å²) in [6.07, 6.45) is 7.69. The number of nitrogens with zero attached hydrogens (tertiary/aromatic N) is 1. The maximum absolute atomic E-state index is 12.5. The van der Waals surface area contributed by atoms with Crippen molar-refractivity contribution in [2.75, 3.05) is 0 Å². The lowest BCUT2D eigenvalue weighted by molar-refractivity contribution is -0.146. The molecule has 0 radical (unpaired) electrons. The molecule has 22 heavy (non-hydrogen) atoms. The normalized spacial score (nSPS) is 37.3. The van der Waals surface area contributed by atoms with E-state index < -0.39 is 11.0 Å². The van der Waals surface area contributed by atoms with E-state index in [2.05, 4.69) is 10.5 Å². The molecule has 2 N–H and O–H groups in total. The van der Waals surface area contributed by atoms with Crippen molar-refractivity contribution < 1.29 is 14.7 Å². The zero-order valence-corrected chi connectivity index (χ0v) is 13.5. The first-order chi connectivity index (χ1) is 10.4. The van der Waals surface area contributed by atoms with Gasteiger partial charge < -0.3 is 5.11 Å². The molecule has 0 atom stereocenters. The second-order valence-corrected chi connectivity index (χ2v) is 7.65. The van der Waals surface area contributed by atoms with Gasteiger partial charge in [0.05, 0.1) is 16.7 Å². The molecule has 4 saturated carbocycles. The van der Waals surface area contributed by atoms with E-state index in [1.54, 1.807) is 0 Å². The standard InChI is InChI=1S/C15H18Cl2N2O3/c16-11(12(17)13(20)21)7-18-19-14(22)15-4-8-1-9(5-15)3-10(2-8)6-15/h7-10H,1-6H2,(H,19,22)(H,20,21)/b12-11+,18-7+. The summed E-state index contributed by atoms with van der Waals surface area (Å²) in [5.74, 6) is 0.618. The number of carboxylic acid groups (broad SMARTS) is 1. The van der Waals surface area contributed by atoms with Crippen LogP contribution in [0.4, 0.5) is 0 Å². The van der Waals surface area contributed by atoms with Crippen molar-refractivity contribution in [3.63, 3.8) is 0 Å². The van der Waals surface area contributed by atoms with Gasteiger partial charge in [0.2, 0.25) is 5.91 Å². The minimum Gasteiger partial charge on any atom is -0.477 e. The molecule has 0 spiro atoms. The molecule has 0 heterocycles. The summed E-state index contributed by atoms with van der Waals surface area (Å²) in [6.45, 7) is 0. The number of hydrogen-bond donors (Lipinski definition) is 2. The first-order valence-electron chi connectivity index (χ1n) is 7.52. The number of halogens is 2. The lowest BCUT2D eigenvalue weighted by Gasteiger charge is -2.55. The number of rotatable bonds is 4. The van der Waals surface area contributed by atoms with Crippen LogP contribution in [-0.4, -0.2) is 23.2 Å². The van der Waals surface area contributed by atoms with Crippen molar-refractivity contribution in [3.8, 4) is 0 Å². The zero-order chi connectivity index (χ0) is 15.9. The van der Waals surface area contributed by atoms with E-state index in [0.717, 1.165) is 25.5 Å². The van der Waals surface area contributed by atoms with Crippen molar-refractivity contribution in [2.45, 2.75) is 38.5 Å². The van der Waals surface area contributed by atoms with Gasteiger partial charge in [0.1, 0.15) is 5.03 Å². The average Bonchev–Trinajstić information content (AvgIpc) is 2.44. The van der Waals surface area contributed by atoms with E-state index >= 15 is 0 Å². The Morgan fingerprint density at radius 2 is 1.59 bits per heavy atom. The Hall–Kier alpha value is -1.07. The lowest BCUT2D eigenvalue weighted by atomic mass is 9.49. The van der Waals surface area contributed by atoms with Gasteiger partial charge >= 0.3 is 5.97 Å². The summed E-state index contributed by atoms with van der Waals surface area (Å²) in [6, 6.07) is 0. The van der Waals surface area contributed by atoms with Gasteiger partial charge in [-0.1, -0.05) is 23.2 Å². The predicted octanol–water partition coefficient (Wildman–Crippen LogP) is 3.08. The van der Waals surface area contributed by atoms with Gasteiger partial charge in [-0.05, 0) is 56.3 Å². The van der Waals surface area contributed by atoms with Crippen molar-refractivity contribution in [2.24, 2.45) is 28.3 Å². The molecule has 0 aromatic rings. The molecule has 5 nitrogen and oxygen atoms in total. The molecule has 0 aromatic heterocycles. The van der Waals surface area contributed by atoms with E-state index in [0.29, 0.717) is 17.8 Å². The van der Waals surface area contributed by atoms with Gasteiger partial charge in [0, 0.05) is 0 Å². The van der Waals surface area contributed by atoms with Crippen LogP contribution in [0.2, 0.25) is 0 Å². The number of carboxylic acids is 1. The van der Waals surface area contributed by atoms with Gasteiger partial charge in [-0.15, -0.1) is 0 Å². The fourth-order valence-electron chi connectivity index (χ4n) is 4.81. The molecule has 4 rings (SSSR count). The maximum atomic E-state index is 12.5. The lowest BCUT2D eigenvalue weighted by Crippen LogP contribution is -2.52. The minimum atomic E-state index is -1.33. The number of carbonyl (C=O) groups is 2. The number of amides is 1. The third-order valence-electron chi connectivity index (χ3n) is 5.26. The van der Waals surface area contributed by atoms with E-state index in [1.807, 2.05) is 0 Å². The number of hydrazone groups is 1. The molecule has 0 saturated heterocycles. The van der Waals surface area contributed by atoms with Crippen molar-refractivity contribution in [1.29, 1.82) is 0 Å². The number of aliphatic carboxylic acids is 1. The third-order valence-corrected chi connectivity index (χ3v) is 6.01. The molecule has 4 aliphatic carbocycles. The molecule has 0 unspecified atom stereocenters. The Morgan fingerprint density at radius 3 is 2.05 bits per heavy atom. The SMILES string of the molecule is O=C(O)/C(Cl)=C(Cl)/C=N/NC(=O)C12CC3CC(CC(C3)C1)C2. The van der Waals surface area contributed by atoms with Crippen LogP contribution in [0.1, 0.15) is 38.5 Å². The second-order valence-electron chi connectivity index (χ2n) is 6.86. The van der Waals surface area contributed by atoms with Crippen LogP contribution < -0.4 is 5.43 Å². The van der Waals surface area contributed by atoms with Crippen LogP contribution >= 0.6 is 23.2 Å². The molecular formula is C15H18Cl2N2O3. The molecule has 4 fully saturated rings. The van der Waals surface area contributed by atoms with E-state index in [-0.39, 0.29) is 16.4 Å². The highest BCUT2D eigenvalue weighted by atomic mass is 35.5. The largest absolute Gasteiger partial charge is 0.477 e. The van der Waals surface area contributed by atoms with Crippen LogP contribution in [0.15, 0.2) is 15.2 Å². The van der Waals surface area contributed by atoms with E-state index in [9.17, 15) is 9.59 Å². The fourth-order valence-corrected chi connectivity index (χ4v) is 4.99. The molecule has 0 aromatic carbocycles. The maximum Gasteiger partial charge on any atom is 0.348 e. The molecule has 0 aliphatic heterocycles. The van der Waals surface area contributed by atoms with Gasteiger partial charge in [-0.25, -0.2) is 10.2 Å². The molecule has 4 bridgehead atoms. The highest BCUT2D eigenvalue weighted by Gasteiger charge is 2.54. The number of allylic oxidation sites excluding steroid dienone is 1. The Morgan fingerprint density at radius 1 is 1.09 bits per heavy atom. The highest BCUT2D eigenvalue weighted by molar-refractivity contribution is 6.51. The predicted molar refractivity (Wildman–Crippen MR) is 83.6 cm³/mol. The highest BCUT2D eigenvalue weighted by Crippen LogP contribution is 2.60.